The predicted octanol–water partition coefficient (Wildman–Crippen LogP) is 4.15. The van der Waals surface area contributed by atoms with Crippen LogP contribution in [0.5, 0.6) is 0 Å². The van der Waals surface area contributed by atoms with Crippen LogP contribution in [0.4, 0.5) is 11.5 Å². The molecule has 7 heteroatoms. The van der Waals surface area contributed by atoms with E-state index in [4.69, 9.17) is 23.2 Å². The van der Waals surface area contributed by atoms with Crippen molar-refractivity contribution in [2.45, 2.75) is 19.3 Å². The van der Waals surface area contributed by atoms with E-state index in [-0.39, 0.29) is 5.91 Å². The minimum absolute atomic E-state index is 0.0516. The molecule has 120 valence electrons. The monoisotopic (exact) mass is 350 g/mol. The zero-order valence-electron chi connectivity index (χ0n) is 12.4. The molecule has 1 saturated heterocycles. The van der Waals surface area contributed by atoms with Gasteiger partial charge in [-0.2, -0.15) is 0 Å². The van der Waals surface area contributed by atoms with E-state index >= 15 is 0 Å². The quantitative estimate of drug-likeness (QED) is 0.902. The Balaban J connectivity index is 1.76. The van der Waals surface area contributed by atoms with Gasteiger partial charge in [0.05, 0.1) is 10.0 Å². The number of nitrogens with zero attached hydrogens (tertiary/aromatic N) is 3. The number of piperidine rings is 1. The lowest BCUT2D eigenvalue weighted by Crippen LogP contribution is -2.36. The number of rotatable bonds is 3. The molecule has 1 fully saturated rings. The summed E-state index contributed by atoms with van der Waals surface area (Å²) in [5, 5.41) is 4.05. The second-order valence-corrected chi connectivity index (χ2v) is 6.21. The Morgan fingerprint density at radius 3 is 2.57 bits per heavy atom. The van der Waals surface area contributed by atoms with Crippen LogP contribution in [-0.2, 0) is 0 Å². The number of likely N-dealkylation sites (tertiary alicyclic amines) is 1. The Morgan fingerprint density at radius 2 is 1.83 bits per heavy atom. The maximum atomic E-state index is 12.5. The van der Waals surface area contributed by atoms with Gasteiger partial charge in [-0.05, 0) is 37.5 Å². The van der Waals surface area contributed by atoms with Crippen LogP contribution >= 0.6 is 23.2 Å². The summed E-state index contributed by atoms with van der Waals surface area (Å²) in [5.41, 5.74) is 1.14. The SMILES string of the molecule is O=C(c1cc(Nc2ccc(Cl)c(Cl)c2)ncn1)N1CCCCC1. The maximum absolute atomic E-state index is 12.5. The van der Waals surface area contributed by atoms with Gasteiger partial charge in [0, 0.05) is 24.8 Å². The first-order valence-corrected chi connectivity index (χ1v) is 8.22. The molecule has 3 rings (SSSR count). The summed E-state index contributed by atoms with van der Waals surface area (Å²) in [6.07, 6.45) is 4.66. The number of aromatic nitrogens is 2. The lowest BCUT2D eigenvalue weighted by molar-refractivity contribution is 0.0718. The zero-order chi connectivity index (χ0) is 16.2. The molecule has 0 bridgehead atoms. The van der Waals surface area contributed by atoms with Crippen LogP contribution in [0.1, 0.15) is 29.8 Å². The van der Waals surface area contributed by atoms with Crippen LogP contribution in [0, 0.1) is 0 Å². The Bertz CT molecular complexity index is 717. The number of amides is 1. The molecular formula is C16H16Cl2N4O. The van der Waals surface area contributed by atoms with Crippen LogP contribution in [0.2, 0.25) is 10.0 Å². The first-order chi connectivity index (χ1) is 11.1. The van der Waals surface area contributed by atoms with Gasteiger partial charge in [-0.1, -0.05) is 23.2 Å². The van der Waals surface area contributed by atoms with Crippen molar-refractivity contribution >= 4 is 40.6 Å². The highest BCUT2D eigenvalue weighted by molar-refractivity contribution is 6.42. The first kappa shape index (κ1) is 16.0. The molecule has 1 amide bonds. The molecule has 1 aromatic heterocycles. The average Bonchev–Trinajstić information content (AvgIpc) is 2.58. The fourth-order valence-electron chi connectivity index (χ4n) is 2.52. The number of anilines is 2. The van der Waals surface area contributed by atoms with E-state index in [1.165, 1.54) is 12.7 Å². The van der Waals surface area contributed by atoms with Crippen molar-refractivity contribution in [3.05, 3.63) is 46.3 Å². The van der Waals surface area contributed by atoms with Crippen LogP contribution in [-0.4, -0.2) is 33.9 Å². The normalized spacial score (nSPS) is 14.6. The molecular weight excluding hydrogens is 335 g/mol. The van der Waals surface area contributed by atoms with E-state index in [1.807, 2.05) is 4.90 Å². The largest absolute Gasteiger partial charge is 0.340 e. The summed E-state index contributed by atoms with van der Waals surface area (Å²) in [7, 11) is 0. The third-order valence-corrected chi connectivity index (χ3v) is 4.46. The van der Waals surface area contributed by atoms with Gasteiger partial charge in [0.1, 0.15) is 17.8 Å². The number of hydrogen-bond donors (Lipinski definition) is 1. The summed E-state index contributed by atoms with van der Waals surface area (Å²) in [6.45, 7) is 1.58. The zero-order valence-corrected chi connectivity index (χ0v) is 13.9. The Morgan fingerprint density at radius 1 is 1.04 bits per heavy atom. The Labute approximate surface area is 144 Å². The van der Waals surface area contributed by atoms with E-state index in [0.29, 0.717) is 21.6 Å². The van der Waals surface area contributed by atoms with E-state index < -0.39 is 0 Å². The fraction of sp³-hybridized carbons (Fsp3) is 0.312. The molecule has 0 spiro atoms. The van der Waals surface area contributed by atoms with Crippen molar-refractivity contribution in [3.8, 4) is 0 Å². The topological polar surface area (TPSA) is 58.1 Å². The molecule has 0 unspecified atom stereocenters. The molecule has 1 aromatic carbocycles. The van der Waals surface area contributed by atoms with E-state index in [9.17, 15) is 4.79 Å². The van der Waals surface area contributed by atoms with Crippen LogP contribution in [0.3, 0.4) is 0 Å². The number of carbonyl (C=O) groups is 1. The molecule has 0 atom stereocenters. The smallest absolute Gasteiger partial charge is 0.272 e. The molecule has 2 heterocycles. The second-order valence-electron chi connectivity index (χ2n) is 5.40. The van der Waals surface area contributed by atoms with Gasteiger partial charge >= 0.3 is 0 Å². The van der Waals surface area contributed by atoms with Gasteiger partial charge in [0.2, 0.25) is 0 Å². The van der Waals surface area contributed by atoms with E-state index in [1.54, 1.807) is 24.3 Å². The third kappa shape index (κ3) is 3.92. The average molecular weight is 351 g/mol. The fourth-order valence-corrected chi connectivity index (χ4v) is 2.82. The van der Waals surface area contributed by atoms with Crippen molar-refractivity contribution in [3.63, 3.8) is 0 Å². The number of hydrogen-bond acceptors (Lipinski definition) is 4. The summed E-state index contributed by atoms with van der Waals surface area (Å²) in [5.74, 6) is 0.489. The molecule has 0 aliphatic carbocycles. The standard InChI is InChI=1S/C16H16Cl2N4O/c17-12-5-4-11(8-13(12)18)21-15-9-14(19-10-20-15)16(23)22-6-2-1-3-7-22/h4-5,8-10H,1-3,6-7H2,(H,19,20,21). The highest BCUT2D eigenvalue weighted by Gasteiger charge is 2.19. The first-order valence-electron chi connectivity index (χ1n) is 7.47. The molecule has 0 radical (unpaired) electrons. The van der Waals surface area contributed by atoms with Gasteiger partial charge in [0.15, 0.2) is 0 Å². The van der Waals surface area contributed by atoms with E-state index in [2.05, 4.69) is 15.3 Å². The minimum atomic E-state index is -0.0516. The van der Waals surface area contributed by atoms with Crippen LogP contribution < -0.4 is 5.32 Å². The lowest BCUT2D eigenvalue weighted by atomic mass is 10.1. The van der Waals surface area contributed by atoms with Crippen LogP contribution in [0.25, 0.3) is 0 Å². The van der Waals surface area contributed by atoms with Crippen molar-refractivity contribution in [2.75, 3.05) is 18.4 Å². The van der Waals surface area contributed by atoms with Crippen LogP contribution in [0.15, 0.2) is 30.6 Å². The lowest BCUT2D eigenvalue weighted by Gasteiger charge is -2.26. The Hall–Kier alpha value is -1.85. The minimum Gasteiger partial charge on any atom is -0.340 e. The van der Waals surface area contributed by atoms with Crippen molar-refractivity contribution in [2.24, 2.45) is 0 Å². The van der Waals surface area contributed by atoms with Crippen molar-refractivity contribution < 1.29 is 4.79 Å². The molecule has 1 aliphatic rings. The number of carbonyl (C=O) groups excluding carboxylic acids is 1. The molecule has 1 aliphatic heterocycles. The predicted molar refractivity (Wildman–Crippen MR) is 91.5 cm³/mol. The highest BCUT2D eigenvalue weighted by atomic mass is 35.5. The Kier molecular flexibility index (Phi) is 4.98. The maximum Gasteiger partial charge on any atom is 0.272 e. The number of benzene rings is 1. The van der Waals surface area contributed by atoms with Gasteiger partial charge in [0.25, 0.3) is 5.91 Å². The summed E-state index contributed by atoms with van der Waals surface area (Å²) in [6, 6.07) is 6.85. The van der Waals surface area contributed by atoms with Crippen molar-refractivity contribution in [1.29, 1.82) is 0 Å². The third-order valence-electron chi connectivity index (χ3n) is 3.72. The molecule has 0 saturated carbocycles. The van der Waals surface area contributed by atoms with Crippen molar-refractivity contribution in [1.82, 2.24) is 14.9 Å². The molecule has 2 aromatic rings. The summed E-state index contributed by atoms with van der Waals surface area (Å²) >= 11 is 11.9. The van der Waals surface area contributed by atoms with Gasteiger partial charge in [-0.3, -0.25) is 4.79 Å². The highest BCUT2D eigenvalue weighted by Crippen LogP contribution is 2.26. The second kappa shape index (κ2) is 7.15. The molecule has 5 nitrogen and oxygen atoms in total. The number of halogens is 2. The summed E-state index contributed by atoms with van der Waals surface area (Å²) in [4.78, 5) is 22.6. The number of nitrogens with one attached hydrogen (secondary N) is 1. The van der Waals surface area contributed by atoms with E-state index in [0.717, 1.165) is 31.6 Å². The molecule has 1 N–H and O–H groups in total. The van der Waals surface area contributed by atoms with Gasteiger partial charge in [-0.15, -0.1) is 0 Å². The molecule has 23 heavy (non-hydrogen) atoms. The summed E-state index contributed by atoms with van der Waals surface area (Å²) < 4.78 is 0. The van der Waals surface area contributed by atoms with Gasteiger partial charge < -0.3 is 10.2 Å². The van der Waals surface area contributed by atoms with Gasteiger partial charge in [-0.25, -0.2) is 9.97 Å².